The Morgan fingerprint density at radius 2 is 1.71 bits per heavy atom. The summed E-state index contributed by atoms with van der Waals surface area (Å²) in [6.07, 6.45) is 0.838. The Labute approximate surface area is 181 Å². The summed E-state index contributed by atoms with van der Waals surface area (Å²) in [6.45, 7) is 2.48. The van der Waals surface area contributed by atoms with Gasteiger partial charge in [0, 0.05) is 12.1 Å². The Balaban J connectivity index is 1.56. The quantitative estimate of drug-likeness (QED) is 0.564. The average molecular weight is 439 g/mol. The molecule has 31 heavy (non-hydrogen) atoms. The molecule has 0 aromatic heterocycles. The molecule has 1 heterocycles. The lowest BCUT2D eigenvalue weighted by Crippen LogP contribution is -2.20. The van der Waals surface area contributed by atoms with E-state index in [1.807, 2.05) is 6.92 Å². The number of carbonyl (C=O) groups is 1. The van der Waals surface area contributed by atoms with Gasteiger partial charge in [-0.3, -0.25) is 9.52 Å². The molecule has 2 N–H and O–H groups in total. The van der Waals surface area contributed by atoms with Crippen molar-refractivity contribution in [3.63, 3.8) is 0 Å². The first kappa shape index (κ1) is 20.7. The Kier molecular flexibility index (Phi) is 5.81. The molecule has 0 saturated heterocycles. The highest BCUT2D eigenvalue weighted by molar-refractivity contribution is 7.92. The lowest BCUT2D eigenvalue weighted by atomic mass is 10.0. The molecule has 1 amide bonds. The van der Waals surface area contributed by atoms with E-state index in [4.69, 9.17) is 9.47 Å². The zero-order chi connectivity index (χ0) is 21.8. The van der Waals surface area contributed by atoms with Crippen molar-refractivity contribution in [3.8, 4) is 17.2 Å². The first-order chi connectivity index (χ1) is 14.9. The fourth-order valence-corrected chi connectivity index (χ4v) is 4.39. The largest absolute Gasteiger partial charge is 0.494 e. The Bertz CT molecular complexity index is 1210. The molecule has 1 aliphatic rings. The molecule has 0 unspecified atom stereocenters. The number of aryl methyl sites for hydroxylation is 1. The second-order valence-corrected chi connectivity index (χ2v) is 8.66. The molecule has 0 aliphatic carbocycles. The highest BCUT2D eigenvalue weighted by atomic mass is 32.2. The maximum absolute atomic E-state index is 13.0. The zero-order valence-corrected chi connectivity index (χ0v) is 17.7. The van der Waals surface area contributed by atoms with E-state index in [9.17, 15) is 13.2 Å². The third-order valence-electron chi connectivity index (χ3n) is 4.78. The molecule has 0 atom stereocenters. The lowest BCUT2D eigenvalue weighted by molar-refractivity contribution is -0.116. The Hall–Kier alpha value is -3.52. The molecule has 0 saturated carbocycles. The minimum Gasteiger partial charge on any atom is -0.494 e. The van der Waals surface area contributed by atoms with Crippen molar-refractivity contribution < 1.29 is 22.7 Å². The van der Waals surface area contributed by atoms with Crippen LogP contribution in [0.15, 0.2) is 71.6 Å². The molecular weight excluding hydrogens is 416 g/mol. The van der Waals surface area contributed by atoms with E-state index in [1.165, 1.54) is 6.07 Å². The Morgan fingerprint density at radius 1 is 0.968 bits per heavy atom. The van der Waals surface area contributed by atoms with Crippen LogP contribution in [0.1, 0.15) is 18.9 Å². The number of sulfonamides is 1. The number of carbonyl (C=O) groups excluding carboxylic acids is 1. The smallest absolute Gasteiger partial charge is 0.262 e. The van der Waals surface area contributed by atoms with Crippen molar-refractivity contribution in [2.24, 2.45) is 0 Å². The van der Waals surface area contributed by atoms with Gasteiger partial charge >= 0.3 is 0 Å². The van der Waals surface area contributed by atoms with Gasteiger partial charge in [-0.05, 0) is 73.5 Å². The lowest BCUT2D eigenvalue weighted by Gasteiger charge is -2.18. The third-order valence-corrected chi connectivity index (χ3v) is 6.14. The van der Waals surface area contributed by atoms with Crippen molar-refractivity contribution >= 4 is 27.3 Å². The van der Waals surface area contributed by atoms with E-state index < -0.39 is 10.0 Å². The van der Waals surface area contributed by atoms with Gasteiger partial charge in [0.15, 0.2) is 5.75 Å². The molecule has 0 bridgehead atoms. The number of amides is 1. The summed E-state index contributed by atoms with van der Waals surface area (Å²) in [4.78, 5) is 11.6. The van der Waals surface area contributed by atoms with Gasteiger partial charge in [0.05, 0.1) is 17.2 Å². The molecule has 3 aromatic carbocycles. The molecule has 7 nitrogen and oxygen atoms in total. The van der Waals surface area contributed by atoms with E-state index in [1.54, 1.807) is 60.7 Å². The maximum atomic E-state index is 13.0. The van der Waals surface area contributed by atoms with Crippen molar-refractivity contribution in [1.82, 2.24) is 0 Å². The van der Waals surface area contributed by atoms with Crippen LogP contribution in [0.4, 0.5) is 11.4 Å². The number of benzene rings is 3. The van der Waals surface area contributed by atoms with E-state index >= 15 is 0 Å². The van der Waals surface area contributed by atoms with Gasteiger partial charge < -0.3 is 14.8 Å². The van der Waals surface area contributed by atoms with E-state index in [-0.39, 0.29) is 10.8 Å². The predicted octanol–water partition coefficient (Wildman–Crippen LogP) is 4.56. The summed E-state index contributed by atoms with van der Waals surface area (Å²) in [7, 11) is -3.85. The zero-order valence-electron chi connectivity index (χ0n) is 16.9. The Morgan fingerprint density at radius 3 is 2.48 bits per heavy atom. The van der Waals surface area contributed by atoms with Gasteiger partial charge in [0.2, 0.25) is 5.91 Å². The topological polar surface area (TPSA) is 93.7 Å². The van der Waals surface area contributed by atoms with Gasteiger partial charge in [0.1, 0.15) is 11.5 Å². The molecular formula is C23H22N2O5S. The second-order valence-electron chi connectivity index (χ2n) is 6.98. The first-order valence-corrected chi connectivity index (χ1v) is 11.4. The number of anilines is 2. The summed E-state index contributed by atoms with van der Waals surface area (Å²) in [5.41, 5.74) is 1.76. The molecule has 0 radical (unpaired) electrons. The van der Waals surface area contributed by atoms with Gasteiger partial charge in [-0.2, -0.15) is 0 Å². The van der Waals surface area contributed by atoms with E-state index in [2.05, 4.69) is 10.0 Å². The van der Waals surface area contributed by atoms with Crippen molar-refractivity contribution in [2.45, 2.75) is 24.7 Å². The van der Waals surface area contributed by atoms with Crippen LogP contribution in [-0.4, -0.2) is 20.9 Å². The van der Waals surface area contributed by atoms with E-state index in [0.717, 1.165) is 11.3 Å². The number of ether oxygens (including phenoxy) is 2. The van der Waals surface area contributed by atoms with Gasteiger partial charge in [0.25, 0.3) is 10.0 Å². The molecule has 4 rings (SSSR count). The minimum atomic E-state index is -3.85. The van der Waals surface area contributed by atoms with Crippen LogP contribution in [0.5, 0.6) is 17.2 Å². The number of hydrogen-bond donors (Lipinski definition) is 2. The number of para-hydroxylation sites is 2. The second kappa shape index (κ2) is 8.69. The third kappa shape index (κ3) is 4.80. The molecule has 1 aliphatic heterocycles. The highest BCUT2D eigenvalue weighted by Crippen LogP contribution is 2.32. The standard InChI is InChI=1S/C23H22N2O5S/c1-2-29-17-8-10-18(11-9-17)30-22-6-4-3-5-21(22)25-31(27,28)19-12-13-20-16(15-19)7-14-23(26)24-20/h3-6,8-13,15,25H,2,7,14H2,1H3,(H,24,26). The molecule has 160 valence electrons. The summed E-state index contributed by atoms with van der Waals surface area (Å²) in [5, 5.41) is 2.75. The van der Waals surface area contributed by atoms with Crippen LogP contribution in [0, 0.1) is 0 Å². The van der Waals surface area contributed by atoms with Crippen LogP contribution < -0.4 is 19.5 Å². The molecule has 0 fully saturated rings. The van der Waals surface area contributed by atoms with Crippen molar-refractivity contribution in [3.05, 3.63) is 72.3 Å². The van der Waals surface area contributed by atoms with Crippen molar-refractivity contribution in [1.29, 1.82) is 0 Å². The van der Waals surface area contributed by atoms with Gasteiger partial charge in [-0.25, -0.2) is 8.42 Å². The molecule has 3 aromatic rings. The van der Waals surface area contributed by atoms with Crippen LogP contribution in [0.25, 0.3) is 0 Å². The van der Waals surface area contributed by atoms with Gasteiger partial charge in [-0.15, -0.1) is 0 Å². The normalized spacial score (nSPS) is 13.1. The number of fused-ring (bicyclic) bond motifs is 1. The summed E-state index contributed by atoms with van der Waals surface area (Å²) in [5.74, 6) is 1.59. The van der Waals surface area contributed by atoms with Crippen LogP contribution >= 0.6 is 0 Å². The SMILES string of the molecule is CCOc1ccc(Oc2ccccc2NS(=O)(=O)c2ccc3c(c2)CCC(=O)N3)cc1. The summed E-state index contributed by atoms with van der Waals surface area (Å²) in [6, 6.07) is 18.6. The number of nitrogens with one attached hydrogen (secondary N) is 2. The predicted molar refractivity (Wildman–Crippen MR) is 118 cm³/mol. The van der Waals surface area contributed by atoms with Crippen LogP contribution in [-0.2, 0) is 21.2 Å². The van der Waals surface area contributed by atoms with Crippen LogP contribution in [0.2, 0.25) is 0 Å². The minimum absolute atomic E-state index is 0.0680. The monoisotopic (exact) mass is 438 g/mol. The summed E-state index contributed by atoms with van der Waals surface area (Å²) >= 11 is 0. The highest BCUT2D eigenvalue weighted by Gasteiger charge is 2.21. The van der Waals surface area contributed by atoms with Crippen LogP contribution in [0.3, 0.4) is 0 Å². The number of rotatable bonds is 7. The fraction of sp³-hybridized carbons (Fsp3) is 0.174. The van der Waals surface area contributed by atoms with Gasteiger partial charge in [-0.1, -0.05) is 12.1 Å². The van der Waals surface area contributed by atoms with E-state index in [0.29, 0.717) is 42.3 Å². The summed E-state index contributed by atoms with van der Waals surface area (Å²) < 4.78 is 39.9. The molecule has 0 spiro atoms. The maximum Gasteiger partial charge on any atom is 0.262 e. The number of hydrogen-bond acceptors (Lipinski definition) is 5. The average Bonchev–Trinajstić information content (AvgIpc) is 2.76. The fourth-order valence-electron chi connectivity index (χ4n) is 3.27. The van der Waals surface area contributed by atoms with Crippen molar-refractivity contribution in [2.75, 3.05) is 16.6 Å². The molecule has 8 heteroatoms. The first-order valence-electron chi connectivity index (χ1n) is 9.90.